The van der Waals surface area contributed by atoms with E-state index >= 15 is 0 Å². The van der Waals surface area contributed by atoms with Crippen molar-refractivity contribution in [2.75, 3.05) is 5.73 Å². The maximum Gasteiger partial charge on any atom is 0.436 e. The summed E-state index contributed by atoms with van der Waals surface area (Å²) >= 11 is 11.7. The molecule has 2 aromatic rings. The summed E-state index contributed by atoms with van der Waals surface area (Å²) in [5.41, 5.74) is 5.04. The van der Waals surface area contributed by atoms with Crippen molar-refractivity contribution in [2.24, 2.45) is 0 Å². The lowest BCUT2D eigenvalue weighted by Gasteiger charge is -2.13. The summed E-state index contributed by atoms with van der Waals surface area (Å²) in [7, 11) is -2.06. The lowest BCUT2D eigenvalue weighted by atomic mass is 10.2. The molecular weight excluding hydrogens is 447 g/mol. The summed E-state index contributed by atoms with van der Waals surface area (Å²) in [5.74, 6) is 1.88. The maximum atomic E-state index is 13.4. The van der Waals surface area contributed by atoms with Gasteiger partial charge in [-0.25, -0.2) is 4.68 Å². The molecular formula is C16H13Cl2F6N3Si. The molecule has 0 aliphatic rings. The van der Waals surface area contributed by atoms with Gasteiger partial charge in [0, 0.05) is 0 Å². The number of hydrogen-bond acceptors (Lipinski definition) is 2. The highest BCUT2D eigenvalue weighted by molar-refractivity contribution is 6.83. The molecule has 1 aromatic heterocycles. The van der Waals surface area contributed by atoms with Crippen LogP contribution >= 0.6 is 23.2 Å². The number of alkyl halides is 6. The number of nitrogens with zero attached hydrogens (tertiary/aromatic N) is 2. The predicted octanol–water partition coefficient (Wildman–Crippen LogP) is 6.03. The summed E-state index contributed by atoms with van der Waals surface area (Å²) in [5, 5.41) is 2.27. The first-order valence-electron chi connectivity index (χ1n) is 7.58. The van der Waals surface area contributed by atoms with Crippen molar-refractivity contribution < 1.29 is 26.3 Å². The zero-order valence-electron chi connectivity index (χ0n) is 14.7. The van der Waals surface area contributed by atoms with Crippen LogP contribution in [0.3, 0.4) is 0 Å². The SMILES string of the molecule is C[Si](C)(C)C#Cc1c(C(F)(F)F)nn(-c2c(Cl)cc(C(F)(F)F)cc2Cl)c1N. The van der Waals surface area contributed by atoms with Gasteiger partial charge in [-0.1, -0.05) is 48.8 Å². The molecule has 0 unspecified atom stereocenters. The second-order valence-electron chi connectivity index (χ2n) is 6.80. The highest BCUT2D eigenvalue weighted by Gasteiger charge is 2.40. The van der Waals surface area contributed by atoms with Gasteiger partial charge in [-0.15, -0.1) is 5.54 Å². The van der Waals surface area contributed by atoms with Gasteiger partial charge in [0.2, 0.25) is 0 Å². The van der Waals surface area contributed by atoms with E-state index in [4.69, 9.17) is 28.9 Å². The number of rotatable bonds is 1. The molecule has 28 heavy (non-hydrogen) atoms. The Kier molecular flexibility index (Phi) is 5.78. The fourth-order valence-electron chi connectivity index (χ4n) is 2.10. The van der Waals surface area contributed by atoms with Crippen molar-refractivity contribution in [2.45, 2.75) is 32.0 Å². The molecule has 2 N–H and O–H groups in total. The van der Waals surface area contributed by atoms with E-state index in [9.17, 15) is 26.3 Å². The Labute approximate surface area is 167 Å². The third-order valence-electron chi connectivity index (χ3n) is 3.31. The van der Waals surface area contributed by atoms with Crippen molar-refractivity contribution in [1.82, 2.24) is 9.78 Å². The number of nitrogen functional groups attached to an aromatic ring is 1. The van der Waals surface area contributed by atoms with Crippen LogP contribution in [-0.2, 0) is 12.4 Å². The average Bonchev–Trinajstić information content (AvgIpc) is 2.80. The monoisotopic (exact) mass is 459 g/mol. The number of anilines is 1. The quantitative estimate of drug-likeness (QED) is 0.321. The maximum absolute atomic E-state index is 13.4. The number of halogens is 8. The molecule has 0 bridgehead atoms. The van der Waals surface area contributed by atoms with Crippen molar-refractivity contribution in [3.05, 3.63) is 39.0 Å². The van der Waals surface area contributed by atoms with Gasteiger partial charge >= 0.3 is 12.4 Å². The zero-order valence-corrected chi connectivity index (χ0v) is 17.2. The standard InChI is InChI=1S/C16H13Cl2F6N3Si/c1-28(2,3)5-4-9-13(16(22,23)24)26-27(14(9)25)12-10(17)6-8(7-11(12)18)15(19,20)21/h6-7H,25H2,1-3H3. The molecule has 0 aliphatic carbocycles. The summed E-state index contributed by atoms with van der Waals surface area (Å²) in [6.07, 6.45) is -9.64. The van der Waals surface area contributed by atoms with Gasteiger partial charge in [-0.3, -0.25) is 0 Å². The number of benzene rings is 1. The fraction of sp³-hybridized carbons (Fsp3) is 0.312. The minimum Gasteiger partial charge on any atom is -0.383 e. The molecule has 1 aromatic carbocycles. The second kappa shape index (κ2) is 7.20. The summed E-state index contributed by atoms with van der Waals surface area (Å²) in [4.78, 5) is 0. The van der Waals surface area contributed by atoms with Crippen LogP contribution in [0.25, 0.3) is 5.69 Å². The third kappa shape index (κ3) is 4.77. The summed E-state index contributed by atoms with van der Waals surface area (Å²) in [6, 6.07) is 1.06. The molecule has 0 atom stereocenters. The third-order valence-corrected chi connectivity index (χ3v) is 4.76. The average molecular weight is 460 g/mol. The van der Waals surface area contributed by atoms with Crippen molar-refractivity contribution in [1.29, 1.82) is 0 Å². The number of hydrogen-bond donors (Lipinski definition) is 1. The van der Waals surface area contributed by atoms with E-state index in [1.54, 1.807) is 0 Å². The van der Waals surface area contributed by atoms with Crippen LogP contribution in [0.2, 0.25) is 29.7 Å². The molecule has 0 aliphatic heterocycles. The molecule has 0 spiro atoms. The van der Waals surface area contributed by atoms with E-state index in [0.29, 0.717) is 16.8 Å². The van der Waals surface area contributed by atoms with Crippen LogP contribution in [0, 0.1) is 11.5 Å². The van der Waals surface area contributed by atoms with Crippen LogP contribution in [-0.4, -0.2) is 17.9 Å². The molecule has 1 heterocycles. The Morgan fingerprint density at radius 3 is 1.89 bits per heavy atom. The first-order chi connectivity index (χ1) is 12.5. The highest BCUT2D eigenvalue weighted by atomic mass is 35.5. The lowest BCUT2D eigenvalue weighted by Crippen LogP contribution is -2.16. The Morgan fingerprint density at radius 2 is 1.50 bits per heavy atom. The Hall–Kier alpha value is -1.83. The van der Waals surface area contributed by atoms with E-state index in [2.05, 4.69) is 16.6 Å². The van der Waals surface area contributed by atoms with E-state index in [-0.39, 0.29) is 0 Å². The normalized spacial score (nSPS) is 12.7. The van der Waals surface area contributed by atoms with E-state index in [1.165, 1.54) is 0 Å². The van der Waals surface area contributed by atoms with Gasteiger partial charge < -0.3 is 5.73 Å². The van der Waals surface area contributed by atoms with Crippen LogP contribution in [0.5, 0.6) is 0 Å². The van der Waals surface area contributed by atoms with E-state index in [1.807, 2.05) is 19.6 Å². The Morgan fingerprint density at radius 1 is 1.00 bits per heavy atom. The summed E-state index contributed by atoms with van der Waals surface area (Å²) < 4.78 is 79.4. The van der Waals surface area contributed by atoms with Crippen LogP contribution < -0.4 is 5.73 Å². The van der Waals surface area contributed by atoms with Crippen molar-refractivity contribution in [3.63, 3.8) is 0 Å². The Bertz CT molecular complexity index is 955. The smallest absolute Gasteiger partial charge is 0.383 e. The molecule has 3 nitrogen and oxygen atoms in total. The predicted molar refractivity (Wildman–Crippen MR) is 98.2 cm³/mol. The molecule has 152 valence electrons. The number of nitrogens with two attached hydrogens (primary N) is 1. The van der Waals surface area contributed by atoms with Crippen molar-refractivity contribution in [3.8, 4) is 17.2 Å². The van der Waals surface area contributed by atoms with Crippen LogP contribution in [0.4, 0.5) is 32.2 Å². The zero-order chi connectivity index (χ0) is 21.7. The molecule has 0 saturated carbocycles. The first-order valence-corrected chi connectivity index (χ1v) is 11.8. The van der Waals surface area contributed by atoms with E-state index < -0.39 is 58.8 Å². The first kappa shape index (κ1) is 22.5. The van der Waals surface area contributed by atoms with Gasteiger partial charge in [0.15, 0.2) is 5.69 Å². The molecule has 0 radical (unpaired) electrons. The van der Waals surface area contributed by atoms with Gasteiger partial charge in [0.05, 0.1) is 21.2 Å². The molecule has 0 amide bonds. The largest absolute Gasteiger partial charge is 0.436 e. The minimum atomic E-state index is -4.90. The number of aromatic nitrogens is 2. The fourth-order valence-corrected chi connectivity index (χ4v) is 3.25. The molecule has 2 rings (SSSR count). The van der Waals surface area contributed by atoms with Gasteiger partial charge in [0.25, 0.3) is 0 Å². The van der Waals surface area contributed by atoms with E-state index in [0.717, 1.165) is 0 Å². The topological polar surface area (TPSA) is 43.8 Å². The highest BCUT2D eigenvalue weighted by Crippen LogP contribution is 2.40. The van der Waals surface area contributed by atoms with Crippen molar-refractivity contribution >= 4 is 37.1 Å². The van der Waals surface area contributed by atoms with Crippen LogP contribution in [0.1, 0.15) is 16.8 Å². The molecule has 0 saturated heterocycles. The second-order valence-corrected chi connectivity index (χ2v) is 12.4. The van der Waals surface area contributed by atoms with Crippen LogP contribution in [0.15, 0.2) is 12.1 Å². The summed E-state index contributed by atoms with van der Waals surface area (Å²) in [6.45, 7) is 5.45. The van der Waals surface area contributed by atoms with Gasteiger partial charge in [0.1, 0.15) is 19.6 Å². The molecule has 12 heteroatoms. The van der Waals surface area contributed by atoms with Gasteiger partial charge in [-0.05, 0) is 12.1 Å². The minimum absolute atomic E-state index is 0.402. The Balaban J connectivity index is 2.78. The molecule has 0 fully saturated rings. The van der Waals surface area contributed by atoms with Gasteiger partial charge in [-0.2, -0.15) is 31.4 Å². The lowest BCUT2D eigenvalue weighted by molar-refractivity contribution is -0.141.